The second-order valence-corrected chi connectivity index (χ2v) is 9.13. The molecule has 0 radical (unpaired) electrons. The van der Waals surface area contributed by atoms with Crippen molar-refractivity contribution in [1.82, 2.24) is 9.80 Å². The number of amides is 1. The van der Waals surface area contributed by atoms with Gasteiger partial charge in [-0.05, 0) is 67.9 Å². The predicted octanol–water partition coefficient (Wildman–Crippen LogP) is 4.27. The topological polar surface area (TPSA) is 42.0 Å². The van der Waals surface area contributed by atoms with Crippen LogP contribution in [0, 0.1) is 5.92 Å². The lowest BCUT2D eigenvalue weighted by molar-refractivity contribution is 0.0571. The molecule has 0 saturated carbocycles. The highest BCUT2D eigenvalue weighted by molar-refractivity contribution is 5.94. The highest BCUT2D eigenvalue weighted by Gasteiger charge is 2.25. The van der Waals surface area contributed by atoms with E-state index in [4.69, 9.17) is 9.47 Å². The summed E-state index contributed by atoms with van der Waals surface area (Å²) >= 11 is 0. The molecule has 5 heteroatoms. The summed E-state index contributed by atoms with van der Waals surface area (Å²) in [5.74, 6) is 1.42. The summed E-state index contributed by atoms with van der Waals surface area (Å²) in [5.41, 5.74) is 2.14. The maximum Gasteiger partial charge on any atom is 0.253 e. The summed E-state index contributed by atoms with van der Waals surface area (Å²) in [7, 11) is 1.73. The Morgan fingerprint density at radius 3 is 2.44 bits per heavy atom. The minimum atomic E-state index is 0.115. The van der Waals surface area contributed by atoms with Crippen molar-refractivity contribution in [1.29, 1.82) is 0 Å². The number of piperidine rings is 2. The van der Waals surface area contributed by atoms with Crippen LogP contribution in [0.1, 0.15) is 41.6 Å². The van der Waals surface area contributed by atoms with Crippen LogP contribution in [-0.4, -0.2) is 68.3 Å². The second-order valence-electron chi connectivity index (χ2n) is 9.13. The van der Waals surface area contributed by atoms with Crippen LogP contribution in [0.3, 0.4) is 0 Å². The smallest absolute Gasteiger partial charge is 0.253 e. The number of methoxy groups -OCH3 is 1. The molecule has 2 aliphatic rings. The van der Waals surface area contributed by atoms with Crippen LogP contribution in [0.15, 0.2) is 54.6 Å². The number of ether oxygens (including phenoxy) is 2. The largest absolute Gasteiger partial charge is 0.490 e. The van der Waals surface area contributed by atoms with Crippen LogP contribution < -0.4 is 4.74 Å². The van der Waals surface area contributed by atoms with Gasteiger partial charge in [0.15, 0.2) is 0 Å². The zero-order valence-electron chi connectivity index (χ0n) is 19.2. The van der Waals surface area contributed by atoms with Gasteiger partial charge in [-0.3, -0.25) is 4.79 Å². The Morgan fingerprint density at radius 1 is 0.969 bits per heavy atom. The molecule has 2 saturated heterocycles. The molecule has 172 valence electrons. The van der Waals surface area contributed by atoms with E-state index in [2.05, 4.69) is 35.2 Å². The number of likely N-dealkylation sites (tertiary alicyclic amines) is 2. The quantitative estimate of drug-likeness (QED) is 0.620. The van der Waals surface area contributed by atoms with E-state index >= 15 is 0 Å². The van der Waals surface area contributed by atoms with E-state index in [1.165, 1.54) is 5.56 Å². The lowest BCUT2D eigenvalue weighted by Gasteiger charge is -2.33. The molecule has 1 unspecified atom stereocenters. The van der Waals surface area contributed by atoms with Crippen LogP contribution in [0.4, 0.5) is 0 Å². The van der Waals surface area contributed by atoms with Crippen molar-refractivity contribution in [2.24, 2.45) is 5.92 Å². The fraction of sp³-hybridized carbons (Fsp3) is 0.519. The molecule has 32 heavy (non-hydrogen) atoms. The maximum absolute atomic E-state index is 12.9. The van der Waals surface area contributed by atoms with Gasteiger partial charge in [-0.2, -0.15) is 0 Å². The van der Waals surface area contributed by atoms with E-state index < -0.39 is 0 Å². The molecule has 0 bridgehead atoms. The number of hydrogen-bond acceptors (Lipinski definition) is 4. The molecular weight excluding hydrogens is 400 g/mol. The number of nitrogens with zero attached hydrogens (tertiary/aromatic N) is 2. The van der Waals surface area contributed by atoms with Gasteiger partial charge >= 0.3 is 0 Å². The molecule has 0 spiro atoms. The Hall–Kier alpha value is -2.37. The lowest BCUT2D eigenvalue weighted by Crippen LogP contribution is -2.41. The van der Waals surface area contributed by atoms with Crippen molar-refractivity contribution < 1.29 is 14.3 Å². The highest BCUT2D eigenvalue weighted by atomic mass is 16.5. The number of benzene rings is 2. The molecule has 2 aromatic rings. The Labute approximate surface area is 192 Å². The van der Waals surface area contributed by atoms with E-state index in [9.17, 15) is 4.79 Å². The third-order valence-electron chi connectivity index (χ3n) is 6.71. The van der Waals surface area contributed by atoms with E-state index in [0.717, 1.165) is 82.7 Å². The lowest BCUT2D eigenvalue weighted by atomic mass is 9.98. The van der Waals surface area contributed by atoms with Crippen LogP contribution in [-0.2, 0) is 11.2 Å². The number of hydrogen-bond donors (Lipinski definition) is 0. The van der Waals surface area contributed by atoms with Crippen molar-refractivity contribution >= 4 is 5.91 Å². The first-order valence-corrected chi connectivity index (χ1v) is 12.0. The summed E-state index contributed by atoms with van der Waals surface area (Å²) in [6.07, 6.45) is 5.63. The van der Waals surface area contributed by atoms with Crippen molar-refractivity contribution in [2.75, 3.05) is 46.4 Å². The Morgan fingerprint density at radius 2 is 1.72 bits per heavy atom. The number of carbonyl (C=O) groups excluding carboxylic acids is 1. The fourth-order valence-electron chi connectivity index (χ4n) is 4.85. The van der Waals surface area contributed by atoms with Crippen molar-refractivity contribution in [3.8, 4) is 5.75 Å². The number of carbonyl (C=O) groups is 1. The molecular formula is C27H36N2O3. The van der Waals surface area contributed by atoms with Gasteiger partial charge in [-0.1, -0.05) is 30.3 Å². The first-order valence-electron chi connectivity index (χ1n) is 12.0. The van der Waals surface area contributed by atoms with Gasteiger partial charge in [-0.15, -0.1) is 0 Å². The second kappa shape index (κ2) is 11.5. The summed E-state index contributed by atoms with van der Waals surface area (Å²) in [6, 6.07) is 18.4. The van der Waals surface area contributed by atoms with Gasteiger partial charge in [0.05, 0.1) is 6.61 Å². The average molecular weight is 437 g/mol. The van der Waals surface area contributed by atoms with Gasteiger partial charge in [0.2, 0.25) is 0 Å². The van der Waals surface area contributed by atoms with Gasteiger partial charge in [0.25, 0.3) is 5.91 Å². The molecule has 0 aromatic heterocycles. The van der Waals surface area contributed by atoms with Crippen LogP contribution >= 0.6 is 0 Å². The van der Waals surface area contributed by atoms with Gasteiger partial charge in [-0.25, -0.2) is 0 Å². The molecule has 1 amide bonds. The van der Waals surface area contributed by atoms with Gasteiger partial charge in [0, 0.05) is 45.4 Å². The molecule has 0 aliphatic carbocycles. The summed E-state index contributed by atoms with van der Waals surface area (Å²) in [4.78, 5) is 17.4. The van der Waals surface area contributed by atoms with Crippen LogP contribution in [0.5, 0.6) is 5.75 Å². The summed E-state index contributed by atoms with van der Waals surface area (Å²) in [5, 5.41) is 0. The zero-order valence-corrected chi connectivity index (χ0v) is 19.2. The molecule has 5 nitrogen and oxygen atoms in total. The normalized spacial score (nSPS) is 20.3. The van der Waals surface area contributed by atoms with E-state index in [1.807, 2.05) is 29.2 Å². The molecule has 2 aliphatic heterocycles. The molecule has 4 rings (SSSR count). The molecule has 2 heterocycles. The van der Waals surface area contributed by atoms with E-state index in [-0.39, 0.29) is 12.0 Å². The van der Waals surface area contributed by atoms with E-state index in [1.54, 1.807) is 7.11 Å². The molecule has 2 fully saturated rings. The van der Waals surface area contributed by atoms with Crippen molar-refractivity contribution in [3.05, 3.63) is 65.7 Å². The summed E-state index contributed by atoms with van der Waals surface area (Å²) in [6.45, 7) is 5.60. The average Bonchev–Trinajstić information content (AvgIpc) is 2.85. The summed E-state index contributed by atoms with van der Waals surface area (Å²) < 4.78 is 11.5. The Kier molecular flexibility index (Phi) is 8.18. The highest BCUT2D eigenvalue weighted by Crippen LogP contribution is 2.22. The maximum atomic E-state index is 12.9. The first-order chi connectivity index (χ1) is 15.7. The minimum Gasteiger partial charge on any atom is -0.490 e. The molecule has 0 N–H and O–H groups in total. The fourth-order valence-corrected chi connectivity index (χ4v) is 4.85. The number of rotatable bonds is 8. The van der Waals surface area contributed by atoms with Crippen molar-refractivity contribution in [3.63, 3.8) is 0 Å². The SMILES string of the molecule is COCC1CCCN(C(=O)c2ccc(OC3CCN(CCc4ccccc4)CC3)cc2)C1. The third-order valence-corrected chi connectivity index (χ3v) is 6.71. The van der Waals surface area contributed by atoms with Gasteiger partial charge < -0.3 is 19.3 Å². The predicted molar refractivity (Wildman–Crippen MR) is 127 cm³/mol. The first kappa shape index (κ1) is 22.8. The van der Waals surface area contributed by atoms with Crippen LogP contribution in [0.2, 0.25) is 0 Å². The molecule has 2 aromatic carbocycles. The third kappa shape index (κ3) is 6.33. The minimum absolute atomic E-state index is 0.115. The Balaban J connectivity index is 1.21. The van der Waals surface area contributed by atoms with E-state index in [0.29, 0.717) is 5.92 Å². The monoisotopic (exact) mass is 436 g/mol. The van der Waals surface area contributed by atoms with Gasteiger partial charge in [0.1, 0.15) is 11.9 Å². The Bertz CT molecular complexity index is 830. The zero-order chi connectivity index (χ0) is 22.2. The van der Waals surface area contributed by atoms with Crippen LogP contribution in [0.25, 0.3) is 0 Å². The standard InChI is InChI=1S/C27H36N2O3/c1-31-21-23-8-5-16-29(20-23)27(30)24-9-11-25(12-10-24)32-26-14-18-28(19-15-26)17-13-22-6-3-2-4-7-22/h2-4,6-7,9-12,23,26H,5,8,13-21H2,1H3. The molecule has 1 atom stereocenters. The van der Waals surface area contributed by atoms with Crippen molar-refractivity contribution in [2.45, 2.75) is 38.2 Å².